The number of hydrogen-bond donors (Lipinski definition) is 1. The molecule has 0 saturated carbocycles. The van der Waals surface area contributed by atoms with Crippen LogP contribution < -0.4 is 10.2 Å². The van der Waals surface area contributed by atoms with Crippen LogP contribution in [0.4, 0.5) is 11.4 Å². The molecule has 2 aliphatic carbocycles. The Morgan fingerprint density at radius 1 is 1.24 bits per heavy atom. The molecule has 1 aliphatic heterocycles. The van der Waals surface area contributed by atoms with E-state index >= 15 is 0 Å². The highest BCUT2D eigenvalue weighted by atomic mass is 16.1. The van der Waals surface area contributed by atoms with Crippen LogP contribution in [0, 0.1) is 5.41 Å². The normalized spacial score (nSPS) is 21.9. The summed E-state index contributed by atoms with van der Waals surface area (Å²) in [5, 5.41) is 3.36. The molecule has 0 spiro atoms. The predicted molar refractivity (Wildman–Crippen MR) is 104 cm³/mol. The van der Waals surface area contributed by atoms with Gasteiger partial charge in [0.15, 0.2) is 5.78 Å². The quantitative estimate of drug-likeness (QED) is 0.756. The summed E-state index contributed by atoms with van der Waals surface area (Å²) in [6.45, 7) is 7.87. The van der Waals surface area contributed by atoms with E-state index in [0.717, 1.165) is 42.2 Å². The van der Waals surface area contributed by atoms with Crippen LogP contribution in [0.2, 0.25) is 0 Å². The van der Waals surface area contributed by atoms with Crippen LogP contribution in [0.1, 0.15) is 46.5 Å². The Morgan fingerprint density at radius 3 is 2.84 bits per heavy atom. The standard InChI is InChI=1S/C22H26N2O/c1-15-13-22(2,3)12-11-16(15)14-24-18-8-5-4-7-17(18)23-21-19(24)9-6-10-20(21)25/h4-9,23H,10-14H2,1-3H3. The van der Waals surface area contributed by atoms with Crippen molar-refractivity contribution in [3.63, 3.8) is 0 Å². The molecule has 25 heavy (non-hydrogen) atoms. The summed E-state index contributed by atoms with van der Waals surface area (Å²) < 4.78 is 0. The Morgan fingerprint density at radius 2 is 2.04 bits per heavy atom. The van der Waals surface area contributed by atoms with Gasteiger partial charge in [-0.25, -0.2) is 0 Å². The van der Waals surface area contributed by atoms with Crippen LogP contribution in [0.5, 0.6) is 0 Å². The van der Waals surface area contributed by atoms with Crippen molar-refractivity contribution in [3.8, 4) is 0 Å². The summed E-state index contributed by atoms with van der Waals surface area (Å²) >= 11 is 0. The third kappa shape index (κ3) is 2.92. The SMILES string of the molecule is CC1=C(CN2C3=C(Nc4ccccc42)C(=O)CC=C3)CCC(C)(C)C1. The van der Waals surface area contributed by atoms with Gasteiger partial charge in [-0.3, -0.25) is 4.79 Å². The Bertz CT molecular complexity index is 826. The van der Waals surface area contributed by atoms with Crippen molar-refractivity contribution < 1.29 is 4.79 Å². The maximum atomic E-state index is 12.4. The fourth-order valence-electron chi connectivity index (χ4n) is 4.25. The molecule has 1 aromatic rings. The molecule has 4 rings (SSSR count). The molecule has 130 valence electrons. The van der Waals surface area contributed by atoms with Crippen molar-refractivity contribution in [1.29, 1.82) is 0 Å². The number of nitrogens with one attached hydrogen (secondary N) is 1. The molecular weight excluding hydrogens is 308 g/mol. The Hall–Kier alpha value is -2.29. The molecule has 0 fully saturated rings. The molecule has 0 saturated heterocycles. The highest BCUT2D eigenvalue weighted by Gasteiger charge is 2.31. The summed E-state index contributed by atoms with van der Waals surface area (Å²) in [4.78, 5) is 14.7. The number of anilines is 2. The van der Waals surface area contributed by atoms with Crippen LogP contribution >= 0.6 is 0 Å². The molecular formula is C22H26N2O. The van der Waals surface area contributed by atoms with Gasteiger partial charge in [-0.15, -0.1) is 0 Å². The molecule has 0 amide bonds. The summed E-state index contributed by atoms with van der Waals surface area (Å²) in [5.41, 5.74) is 7.38. The number of carbonyl (C=O) groups excluding carboxylic acids is 1. The lowest BCUT2D eigenvalue weighted by Gasteiger charge is -2.39. The van der Waals surface area contributed by atoms with E-state index in [2.05, 4.69) is 55.3 Å². The number of carbonyl (C=O) groups is 1. The molecule has 0 atom stereocenters. The van der Waals surface area contributed by atoms with Crippen LogP contribution in [0.15, 0.2) is 59.0 Å². The number of Topliss-reactive ketones (excluding diaryl/α,β-unsaturated/α-hetero) is 1. The number of ketones is 1. The molecule has 3 heteroatoms. The topological polar surface area (TPSA) is 32.3 Å². The second kappa shape index (κ2) is 5.91. The van der Waals surface area contributed by atoms with Gasteiger partial charge in [0.25, 0.3) is 0 Å². The van der Waals surface area contributed by atoms with E-state index in [0.29, 0.717) is 11.8 Å². The van der Waals surface area contributed by atoms with Crippen molar-refractivity contribution in [2.24, 2.45) is 5.41 Å². The first-order valence-corrected chi connectivity index (χ1v) is 9.20. The van der Waals surface area contributed by atoms with E-state index in [1.807, 2.05) is 12.1 Å². The second-order valence-corrected chi connectivity index (χ2v) is 8.24. The number of benzene rings is 1. The maximum Gasteiger partial charge on any atom is 0.184 e. The number of nitrogens with zero attached hydrogens (tertiary/aromatic N) is 1. The minimum atomic E-state index is 0.174. The lowest BCUT2D eigenvalue weighted by atomic mass is 9.74. The van der Waals surface area contributed by atoms with E-state index in [1.165, 1.54) is 17.6 Å². The van der Waals surface area contributed by atoms with Gasteiger partial charge in [0, 0.05) is 13.0 Å². The van der Waals surface area contributed by atoms with Crippen LogP contribution in [-0.4, -0.2) is 12.3 Å². The largest absolute Gasteiger partial charge is 0.349 e. The number of allylic oxidation sites excluding steroid dienone is 4. The van der Waals surface area contributed by atoms with Gasteiger partial charge in [0.2, 0.25) is 0 Å². The number of para-hydroxylation sites is 2. The van der Waals surface area contributed by atoms with E-state index in [4.69, 9.17) is 0 Å². The van der Waals surface area contributed by atoms with Gasteiger partial charge in [0.1, 0.15) is 5.70 Å². The van der Waals surface area contributed by atoms with Crippen molar-refractivity contribution in [2.45, 2.75) is 46.5 Å². The van der Waals surface area contributed by atoms with Gasteiger partial charge < -0.3 is 10.2 Å². The summed E-state index contributed by atoms with van der Waals surface area (Å²) in [6.07, 6.45) is 8.10. The first-order valence-electron chi connectivity index (χ1n) is 9.20. The lowest BCUT2D eigenvalue weighted by molar-refractivity contribution is -0.114. The van der Waals surface area contributed by atoms with Crippen molar-refractivity contribution in [1.82, 2.24) is 0 Å². The van der Waals surface area contributed by atoms with Gasteiger partial charge in [-0.2, -0.15) is 0 Å². The third-order valence-corrected chi connectivity index (χ3v) is 5.66. The molecule has 1 N–H and O–H groups in total. The second-order valence-electron chi connectivity index (χ2n) is 8.24. The van der Waals surface area contributed by atoms with E-state index < -0.39 is 0 Å². The molecule has 3 aliphatic rings. The first-order chi connectivity index (χ1) is 11.9. The fraction of sp³-hybridized carbons (Fsp3) is 0.409. The average molecular weight is 334 g/mol. The van der Waals surface area contributed by atoms with Gasteiger partial charge >= 0.3 is 0 Å². The van der Waals surface area contributed by atoms with E-state index in [9.17, 15) is 4.79 Å². The first kappa shape index (κ1) is 16.2. The Kier molecular flexibility index (Phi) is 3.82. The van der Waals surface area contributed by atoms with Gasteiger partial charge in [-0.05, 0) is 49.8 Å². The molecule has 1 heterocycles. The minimum absolute atomic E-state index is 0.174. The average Bonchev–Trinajstić information content (AvgIpc) is 2.57. The summed E-state index contributed by atoms with van der Waals surface area (Å²) in [5.74, 6) is 0.174. The molecule has 0 radical (unpaired) electrons. The zero-order chi connectivity index (χ0) is 17.6. The zero-order valence-electron chi connectivity index (χ0n) is 15.4. The predicted octanol–water partition coefficient (Wildman–Crippen LogP) is 5.19. The minimum Gasteiger partial charge on any atom is -0.349 e. The van der Waals surface area contributed by atoms with Gasteiger partial charge in [-0.1, -0.05) is 43.2 Å². The molecule has 0 bridgehead atoms. The van der Waals surface area contributed by atoms with Gasteiger partial charge in [0.05, 0.1) is 17.1 Å². The van der Waals surface area contributed by atoms with E-state index in [1.54, 1.807) is 0 Å². The Balaban J connectivity index is 1.74. The molecule has 3 nitrogen and oxygen atoms in total. The van der Waals surface area contributed by atoms with Crippen LogP contribution in [-0.2, 0) is 4.79 Å². The van der Waals surface area contributed by atoms with Crippen molar-refractivity contribution >= 4 is 17.2 Å². The monoisotopic (exact) mass is 334 g/mol. The lowest BCUT2D eigenvalue weighted by Crippen LogP contribution is -2.35. The van der Waals surface area contributed by atoms with Crippen LogP contribution in [0.25, 0.3) is 0 Å². The smallest absolute Gasteiger partial charge is 0.184 e. The number of hydrogen-bond acceptors (Lipinski definition) is 3. The van der Waals surface area contributed by atoms with Crippen LogP contribution in [0.3, 0.4) is 0 Å². The fourth-order valence-corrected chi connectivity index (χ4v) is 4.25. The maximum absolute atomic E-state index is 12.4. The highest BCUT2D eigenvalue weighted by Crippen LogP contribution is 2.42. The third-order valence-electron chi connectivity index (χ3n) is 5.66. The molecule has 1 aromatic carbocycles. The zero-order valence-corrected chi connectivity index (χ0v) is 15.4. The van der Waals surface area contributed by atoms with Crippen molar-refractivity contribution in [3.05, 3.63) is 59.0 Å². The Labute approximate surface area is 150 Å². The number of fused-ring (bicyclic) bond motifs is 1. The molecule has 0 unspecified atom stereocenters. The van der Waals surface area contributed by atoms with E-state index in [-0.39, 0.29) is 5.78 Å². The summed E-state index contributed by atoms with van der Waals surface area (Å²) in [6, 6.07) is 8.29. The molecule has 0 aromatic heterocycles. The highest BCUT2D eigenvalue weighted by molar-refractivity contribution is 6.04. The van der Waals surface area contributed by atoms with Crippen molar-refractivity contribution in [2.75, 3.05) is 16.8 Å². The summed E-state index contributed by atoms with van der Waals surface area (Å²) in [7, 11) is 0. The number of rotatable bonds is 2.